The number of carbonyl (C=O) groups excluding carboxylic acids is 1. The predicted octanol–water partition coefficient (Wildman–Crippen LogP) is 3.59. The Labute approximate surface area is 210 Å². The third kappa shape index (κ3) is 4.76. The number of ether oxygens (including phenoxy) is 2. The summed E-state index contributed by atoms with van der Waals surface area (Å²) in [7, 11) is 0. The summed E-state index contributed by atoms with van der Waals surface area (Å²) in [6, 6.07) is 5.67. The lowest BCUT2D eigenvalue weighted by atomic mass is 10.1. The van der Waals surface area contributed by atoms with Gasteiger partial charge in [-0.15, -0.1) is 0 Å². The summed E-state index contributed by atoms with van der Waals surface area (Å²) in [5.41, 5.74) is 2.22. The van der Waals surface area contributed by atoms with E-state index in [0.29, 0.717) is 28.2 Å². The fraction of sp³-hybridized carbons (Fsp3) is 0.391. The molecular weight excluding hydrogens is 490 g/mol. The topological polar surface area (TPSA) is 110 Å². The first kappa shape index (κ1) is 22.5. The molecule has 10 nitrogen and oxygen atoms in total. The molecule has 2 N–H and O–H groups in total. The minimum absolute atomic E-state index is 0.0262. The summed E-state index contributed by atoms with van der Waals surface area (Å²) in [4.78, 5) is 23.2. The third-order valence-corrected chi connectivity index (χ3v) is 7.42. The van der Waals surface area contributed by atoms with Gasteiger partial charge in [-0.05, 0) is 31.0 Å². The average molecular weight is 514 g/mol. The van der Waals surface area contributed by atoms with E-state index in [-0.39, 0.29) is 11.8 Å². The molecule has 6 rings (SSSR count). The van der Waals surface area contributed by atoms with E-state index in [1.165, 1.54) is 11.3 Å². The van der Waals surface area contributed by atoms with Crippen LogP contribution in [-0.4, -0.2) is 75.0 Å². The van der Waals surface area contributed by atoms with Gasteiger partial charge in [0.05, 0.1) is 30.1 Å². The maximum absolute atomic E-state index is 12.1. The van der Waals surface area contributed by atoms with E-state index in [0.717, 1.165) is 67.4 Å². The number of morpholine rings is 1. The number of rotatable bonds is 8. The number of nitrogens with zero attached hydrogens (tertiary/aromatic N) is 5. The molecule has 0 radical (unpaired) electrons. The van der Waals surface area contributed by atoms with Gasteiger partial charge >= 0.3 is 0 Å². The first-order chi connectivity index (χ1) is 17.2. The van der Waals surface area contributed by atoms with Crippen LogP contribution in [0.2, 0.25) is 5.02 Å². The molecule has 3 aromatic heterocycles. The molecule has 0 unspecified atom stereocenters. The zero-order chi connectivity index (χ0) is 23.8. The van der Waals surface area contributed by atoms with Crippen molar-refractivity contribution in [3.05, 3.63) is 35.7 Å². The van der Waals surface area contributed by atoms with Crippen molar-refractivity contribution in [1.29, 1.82) is 0 Å². The zero-order valence-electron chi connectivity index (χ0n) is 18.9. The summed E-state index contributed by atoms with van der Waals surface area (Å²) in [6.07, 6.45) is 5.32. The van der Waals surface area contributed by atoms with Gasteiger partial charge in [0.15, 0.2) is 16.6 Å². The van der Waals surface area contributed by atoms with Crippen molar-refractivity contribution >= 4 is 44.3 Å². The van der Waals surface area contributed by atoms with Gasteiger partial charge in [-0.2, -0.15) is 5.10 Å². The Kier molecular flexibility index (Phi) is 6.15. The monoisotopic (exact) mass is 513 g/mol. The first-order valence-corrected chi connectivity index (χ1v) is 12.8. The van der Waals surface area contributed by atoms with Crippen LogP contribution < -0.4 is 10.1 Å². The van der Waals surface area contributed by atoms with Crippen molar-refractivity contribution < 1.29 is 14.3 Å². The Bertz CT molecular complexity index is 1360. The maximum atomic E-state index is 12.1. The summed E-state index contributed by atoms with van der Waals surface area (Å²) >= 11 is 8.05. The second-order valence-corrected chi connectivity index (χ2v) is 10.0. The highest BCUT2D eigenvalue weighted by atomic mass is 35.5. The third-order valence-electron chi connectivity index (χ3n) is 6.14. The van der Waals surface area contributed by atoms with Crippen LogP contribution in [0.15, 0.2) is 30.7 Å². The molecule has 1 amide bonds. The number of aromatic nitrogens is 5. The van der Waals surface area contributed by atoms with Crippen molar-refractivity contribution in [3.63, 3.8) is 0 Å². The van der Waals surface area contributed by atoms with Crippen molar-refractivity contribution in [3.8, 4) is 22.8 Å². The van der Waals surface area contributed by atoms with E-state index in [1.54, 1.807) is 12.5 Å². The molecule has 0 spiro atoms. The molecule has 35 heavy (non-hydrogen) atoms. The van der Waals surface area contributed by atoms with E-state index < -0.39 is 0 Å². The largest absolute Gasteiger partial charge is 0.492 e. The Hall–Kier alpha value is -2.99. The van der Waals surface area contributed by atoms with E-state index in [1.807, 2.05) is 22.8 Å². The molecule has 2 aliphatic rings. The molecule has 182 valence electrons. The van der Waals surface area contributed by atoms with Gasteiger partial charge in [-0.1, -0.05) is 22.9 Å². The smallest absolute Gasteiger partial charge is 0.229 e. The number of fused-ring (bicyclic) bond motifs is 1. The normalized spacial score (nSPS) is 16.6. The summed E-state index contributed by atoms with van der Waals surface area (Å²) < 4.78 is 14.0. The van der Waals surface area contributed by atoms with Gasteiger partial charge in [0.25, 0.3) is 0 Å². The number of thiazole rings is 1. The van der Waals surface area contributed by atoms with Crippen LogP contribution in [0.25, 0.3) is 27.4 Å². The highest BCUT2D eigenvalue weighted by molar-refractivity contribution is 7.22. The number of anilines is 1. The lowest BCUT2D eigenvalue weighted by Crippen LogP contribution is -2.38. The van der Waals surface area contributed by atoms with Crippen LogP contribution >= 0.6 is 22.9 Å². The number of hydrogen-bond acceptors (Lipinski definition) is 8. The van der Waals surface area contributed by atoms with Gasteiger partial charge in [-0.25, -0.2) is 9.97 Å². The molecule has 1 aliphatic carbocycles. The number of aromatic amines is 1. The number of H-pyrrole nitrogens is 1. The molecule has 1 saturated carbocycles. The van der Waals surface area contributed by atoms with Crippen LogP contribution in [0.4, 0.5) is 5.13 Å². The highest BCUT2D eigenvalue weighted by Crippen LogP contribution is 2.36. The fourth-order valence-electron chi connectivity index (χ4n) is 4.05. The van der Waals surface area contributed by atoms with E-state index in [4.69, 9.17) is 21.1 Å². The number of halogens is 1. The van der Waals surface area contributed by atoms with Gasteiger partial charge in [0.2, 0.25) is 5.91 Å². The quantitative estimate of drug-likeness (QED) is 0.370. The van der Waals surface area contributed by atoms with Gasteiger partial charge in [-0.3, -0.25) is 19.4 Å². The van der Waals surface area contributed by atoms with Crippen molar-refractivity contribution in [2.75, 3.05) is 44.8 Å². The van der Waals surface area contributed by atoms with E-state index in [2.05, 4.69) is 30.4 Å². The minimum Gasteiger partial charge on any atom is -0.492 e. The minimum atomic E-state index is 0.0262. The van der Waals surface area contributed by atoms with Crippen LogP contribution in [0.5, 0.6) is 5.75 Å². The SMILES string of the molecule is O=C(Nc1nc2[nH]nc(-n3cncc3-c3ccc(OCCN4CCOCC4)cc3Cl)c2s1)C1CC1. The number of nitrogens with one attached hydrogen (secondary N) is 2. The number of benzene rings is 1. The molecule has 0 atom stereocenters. The van der Waals surface area contributed by atoms with Crippen LogP contribution in [0.1, 0.15) is 12.8 Å². The molecule has 0 bridgehead atoms. The van der Waals surface area contributed by atoms with Crippen LogP contribution in [-0.2, 0) is 9.53 Å². The molecule has 4 aromatic rings. The lowest BCUT2D eigenvalue weighted by Gasteiger charge is -2.26. The Morgan fingerprint density at radius 1 is 1.31 bits per heavy atom. The molecule has 1 saturated heterocycles. The highest BCUT2D eigenvalue weighted by Gasteiger charge is 2.30. The van der Waals surface area contributed by atoms with E-state index in [9.17, 15) is 4.79 Å². The number of carbonyl (C=O) groups is 1. The Morgan fingerprint density at radius 3 is 2.97 bits per heavy atom. The first-order valence-electron chi connectivity index (χ1n) is 11.6. The van der Waals surface area contributed by atoms with Crippen molar-refractivity contribution in [2.45, 2.75) is 12.8 Å². The summed E-state index contributed by atoms with van der Waals surface area (Å²) in [6.45, 7) is 4.85. The number of amides is 1. The standard InChI is InChI=1S/C23H24ClN7O3S/c24-17-11-15(34-10-7-30-5-8-33-9-6-30)3-4-16(17)18-12-25-13-31(18)21-19-20(28-29-21)26-23(35-19)27-22(32)14-1-2-14/h3-4,11-14H,1-2,5-10H2,(H2,26,27,28,29,32). The van der Waals surface area contributed by atoms with Crippen LogP contribution in [0, 0.1) is 5.92 Å². The van der Waals surface area contributed by atoms with Gasteiger partial charge < -0.3 is 14.8 Å². The number of imidazole rings is 1. The van der Waals surface area contributed by atoms with Crippen molar-refractivity contribution in [1.82, 2.24) is 29.6 Å². The maximum Gasteiger partial charge on any atom is 0.229 e. The second kappa shape index (κ2) is 9.57. The molecule has 12 heteroatoms. The predicted molar refractivity (Wildman–Crippen MR) is 133 cm³/mol. The average Bonchev–Trinajstić information content (AvgIpc) is 3.30. The fourth-order valence-corrected chi connectivity index (χ4v) is 5.22. The lowest BCUT2D eigenvalue weighted by molar-refractivity contribution is -0.117. The van der Waals surface area contributed by atoms with E-state index >= 15 is 0 Å². The van der Waals surface area contributed by atoms with Gasteiger partial charge in [0, 0.05) is 31.1 Å². The van der Waals surface area contributed by atoms with Crippen LogP contribution in [0.3, 0.4) is 0 Å². The second-order valence-electron chi connectivity index (χ2n) is 8.60. The number of hydrogen-bond donors (Lipinski definition) is 2. The van der Waals surface area contributed by atoms with Crippen molar-refractivity contribution in [2.24, 2.45) is 5.92 Å². The zero-order valence-corrected chi connectivity index (χ0v) is 20.4. The van der Waals surface area contributed by atoms with Gasteiger partial charge in [0.1, 0.15) is 23.4 Å². The molecular formula is C23H24ClN7O3S. The molecule has 1 aliphatic heterocycles. The Morgan fingerprint density at radius 2 is 2.17 bits per heavy atom. The molecule has 4 heterocycles. The summed E-state index contributed by atoms with van der Waals surface area (Å²) in [5.74, 6) is 1.51. The molecule has 2 fully saturated rings. The Balaban J connectivity index is 1.19. The molecule has 1 aromatic carbocycles. The summed E-state index contributed by atoms with van der Waals surface area (Å²) in [5, 5.41) is 11.4.